The molecule has 0 spiro atoms. The van der Waals surface area contributed by atoms with Gasteiger partial charge in [-0.05, 0) is 30.5 Å². The molecular weight excluding hydrogens is 299 g/mol. The van der Waals surface area contributed by atoms with E-state index in [1.807, 2.05) is 13.8 Å². The fraction of sp³-hybridized carbons (Fsp3) is 0.533. The largest absolute Gasteiger partial charge is 0.416 e. The number of hydrogen-bond acceptors (Lipinski definition) is 2. The Hall–Kier alpha value is -1.17. The van der Waals surface area contributed by atoms with Crippen LogP contribution in [0.5, 0.6) is 0 Å². The first-order valence-electron chi connectivity index (χ1n) is 6.81. The molecule has 1 heterocycles. The summed E-state index contributed by atoms with van der Waals surface area (Å²) in [5.41, 5.74) is -0.635. The fourth-order valence-corrected chi connectivity index (χ4v) is 3.81. The van der Waals surface area contributed by atoms with Gasteiger partial charge in [0.05, 0.1) is 5.56 Å². The van der Waals surface area contributed by atoms with Gasteiger partial charge in [0, 0.05) is 22.6 Å². The Morgan fingerprint density at radius 1 is 1.29 bits per heavy atom. The maximum atomic E-state index is 12.7. The number of thioether (sulfide) groups is 1. The molecule has 1 fully saturated rings. The van der Waals surface area contributed by atoms with Gasteiger partial charge in [-0.1, -0.05) is 19.9 Å². The van der Waals surface area contributed by atoms with Crippen LogP contribution in [0.1, 0.15) is 32.3 Å². The van der Waals surface area contributed by atoms with Crippen molar-refractivity contribution in [3.05, 3.63) is 29.8 Å². The lowest BCUT2D eigenvalue weighted by Crippen LogP contribution is -2.41. The average molecular weight is 317 g/mol. The average Bonchev–Trinajstić information content (AvgIpc) is 2.37. The Kier molecular flexibility index (Phi) is 4.56. The van der Waals surface area contributed by atoms with Crippen LogP contribution >= 0.6 is 11.8 Å². The zero-order valence-electron chi connectivity index (χ0n) is 12.0. The normalized spacial score (nSPS) is 20.2. The molecule has 1 aliphatic heterocycles. The fourth-order valence-electron chi connectivity index (χ4n) is 2.50. The van der Waals surface area contributed by atoms with Crippen LogP contribution in [0.25, 0.3) is 0 Å². The molecule has 2 nitrogen and oxygen atoms in total. The van der Waals surface area contributed by atoms with E-state index in [-0.39, 0.29) is 16.6 Å². The van der Waals surface area contributed by atoms with E-state index in [9.17, 15) is 18.0 Å². The van der Waals surface area contributed by atoms with Crippen molar-refractivity contribution in [3.8, 4) is 0 Å². The minimum absolute atomic E-state index is 0.0176. The number of carbonyl (C=O) groups is 1. The third-order valence-electron chi connectivity index (χ3n) is 3.77. The molecule has 0 aromatic heterocycles. The number of piperidine rings is 1. The molecule has 1 saturated heterocycles. The molecule has 0 bridgehead atoms. The molecule has 116 valence electrons. The third kappa shape index (κ3) is 4.15. The first kappa shape index (κ1) is 16.2. The SMILES string of the molecule is CC(C)(Sc1cccc(C(F)(F)F)c1)C1CCNC(=O)C1. The summed E-state index contributed by atoms with van der Waals surface area (Å²) < 4.78 is 37.9. The Labute approximate surface area is 126 Å². The summed E-state index contributed by atoms with van der Waals surface area (Å²) in [6.07, 6.45) is -3.05. The highest BCUT2D eigenvalue weighted by atomic mass is 32.2. The van der Waals surface area contributed by atoms with Gasteiger partial charge in [-0.2, -0.15) is 13.2 Å². The van der Waals surface area contributed by atoms with Gasteiger partial charge >= 0.3 is 6.18 Å². The van der Waals surface area contributed by atoms with Gasteiger partial charge in [-0.25, -0.2) is 0 Å². The van der Waals surface area contributed by atoms with E-state index in [4.69, 9.17) is 0 Å². The van der Waals surface area contributed by atoms with Crippen LogP contribution in [0.15, 0.2) is 29.2 Å². The summed E-state index contributed by atoms with van der Waals surface area (Å²) >= 11 is 1.40. The lowest BCUT2D eigenvalue weighted by atomic mass is 9.86. The first-order chi connectivity index (χ1) is 9.68. The monoisotopic (exact) mass is 317 g/mol. The zero-order valence-corrected chi connectivity index (χ0v) is 12.8. The van der Waals surface area contributed by atoms with Gasteiger partial charge < -0.3 is 5.32 Å². The Balaban J connectivity index is 2.14. The highest BCUT2D eigenvalue weighted by molar-refractivity contribution is 8.00. The molecule has 1 aromatic rings. The molecular formula is C15H18F3NOS. The van der Waals surface area contributed by atoms with Crippen molar-refractivity contribution < 1.29 is 18.0 Å². The van der Waals surface area contributed by atoms with Crippen molar-refractivity contribution in [1.29, 1.82) is 0 Å². The second kappa shape index (κ2) is 5.91. The lowest BCUT2D eigenvalue weighted by Gasteiger charge is -2.36. The van der Waals surface area contributed by atoms with E-state index in [0.29, 0.717) is 17.9 Å². The summed E-state index contributed by atoms with van der Waals surface area (Å²) in [4.78, 5) is 12.1. The van der Waals surface area contributed by atoms with Gasteiger partial charge in [-0.15, -0.1) is 11.8 Å². The van der Waals surface area contributed by atoms with Crippen molar-refractivity contribution in [3.63, 3.8) is 0 Å². The quantitative estimate of drug-likeness (QED) is 0.850. The predicted molar refractivity (Wildman–Crippen MR) is 77.1 cm³/mol. The molecule has 1 atom stereocenters. The van der Waals surface area contributed by atoms with Crippen LogP contribution in [-0.4, -0.2) is 17.2 Å². The minimum atomic E-state index is -4.33. The van der Waals surface area contributed by atoms with E-state index in [1.165, 1.54) is 23.9 Å². The van der Waals surface area contributed by atoms with Gasteiger partial charge in [0.15, 0.2) is 0 Å². The van der Waals surface area contributed by atoms with Gasteiger partial charge in [0.1, 0.15) is 0 Å². The number of nitrogens with one attached hydrogen (secondary N) is 1. The molecule has 1 amide bonds. The zero-order chi connectivity index (χ0) is 15.7. The van der Waals surface area contributed by atoms with Crippen molar-refractivity contribution >= 4 is 17.7 Å². The highest BCUT2D eigenvalue weighted by Gasteiger charge is 2.35. The number of carbonyl (C=O) groups excluding carboxylic acids is 1. The van der Waals surface area contributed by atoms with Crippen LogP contribution in [0.2, 0.25) is 0 Å². The molecule has 1 aromatic carbocycles. The molecule has 0 radical (unpaired) electrons. The molecule has 6 heteroatoms. The van der Waals surface area contributed by atoms with Gasteiger partial charge in [0.2, 0.25) is 5.91 Å². The summed E-state index contributed by atoms with van der Waals surface area (Å²) in [6.45, 7) is 4.61. The number of amides is 1. The smallest absolute Gasteiger partial charge is 0.356 e. The van der Waals surface area contributed by atoms with Crippen LogP contribution in [0.4, 0.5) is 13.2 Å². The molecule has 1 N–H and O–H groups in total. The van der Waals surface area contributed by atoms with Crippen LogP contribution in [0, 0.1) is 5.92 Å². The predicted octanol–water partition coefficient (Wildman–Crippen LogP) is 4.10. The number of alkyl halides is 3. The highest BCUT2D eigenvalue weighted by Crippen LogP contribution is 2.43. The Morgan fingerprint density at radius 2 is 2.00 bits per heavy atom. The summed E-state index contributed by atoms with van der Waals surface area (Å²) in [5, 5.41) is 2.78. The van der Waals surface area contributed by atoms with E-state index < -0.39 is 11.7 Å². The second-order valence-electron chi connectivity index (χ2n) is 5.77. The van der Waals surface area contributed by atoms with Crippen molar-refractivity contribution in [1.82, 2.24) is 5.32 Å². The van der Waals surface area contributed by atoms with Gasteiger partial charge in [0.25, 0.3) is 0 Å². The summed E-state index contributed by atoms with van der Waals surface area (Å²) in [7, 11) is 0. The third-order valence-corrected chi connectivity index (χ3v) is 5.12. The Morgan fingerprint density at radius 3 is 2.62 bits per heavy atom. The van der Waals surface area contributed by atoms with Crippen LogP contribution < -0.4 is 5.32 Å². The molecule has 1 aliphatic rings. The molecule has 1 unspecified atom stereocenters. The van der Waals surface area contributed by atoms with Crippen molar-refractivity contribution in [2.24, 2.45) is 5.92 Å². The van der Waals surface area contributed by atoms with Crippen LogP contribution in [-0.2, 0) is 11.0 Å². The van der Waals surface area contributed by atoms with E-state index >= 15 is 0 Å². The van der Waals surface area contributed by atoms with E-state index in [0.717, 1.165) is 12.5 Å². The Bertz CT molecular complexity index is 528. The number of hydrogen-bond donors (Lipinski definition) is 1. The molecule has 0 aliphatic carbocycles. The molecule has 0 saturated carbocycles. The number of benzene rings is 1. The lowest BCUT2D eigenvalue weighted by molar-refractivity contribution is -0.137. The van der Waals surface area contributed by atoms with E-state index in [1.54, 1.807) is 6.07 Å². The minimum Gasteiger partial charge on any atom is -0.356 e. The second-order valence-corrected chi connectivity index (χ2v) is 7.50. The maximum absolute atomic E-state index is 12.7. The first-order valence-corrected chi connectivity index (χ1v) is 7.63. The van der Waals surface area contributed by atoms with E-state index in [2.05, 4.69) is 5.32 Å². The van der Waals surface area contributed by atoms with Crippen molar-refractivity contribution in [2.45, 2.75) is 42.5 Å². The summed E-state index contributed by atoms with van der Waals surface area (Å²) in [5.74, 6) is 0.176. The molecule has 21 heavy (non-hydrogen) atoms. The summed E-state index contributed by atoms with van der Waals surface area (Å²) in [6, 6.07) is 5.36. The number of halogens is 3. The maximum Gasteiger partial charge on any atom is 0.416 e. The standard InChI is InChI=1S/C15H18F3NOS/c1-14(2,10-6-7-19-13(20)9-10)21-12-5-3-4-11(8-12)15(16,17)18/h3-5,8,10H,6-7,9H2,1-2H3,(H,19,20). The topological polar surface area (TPSA) is 29.1 Å². The molecule has 2 rings (SSSR count). The van der Waals surface area contributed by atoms with Crippen molar-refractivity contribution in [2.75, 3.05) is 6.54 Å². The van der Waals surface area contributed by atoms with Gasteiger partial charge in [-0.3, -0.25) is 4.79 Å². The number of rotatable bonds is 3. The van der Waals surface area contributed by atoms with Crippen LogP contribution in [0.3, 0.4) is 0 Å².